The predicted octanol–water partition coefficient (Wildman–Crippen LogP) is 4.66. The molecule has 0 radical (unpaired) electrons. The molecule has 1 nitrogen and oxygen atoms in total. The molecule has 0 amide bonds. The standard InChI is InChI=1S/C16H20ClFO/c1-10(2)11-4-6-16(19)13(7-11)8-12-3-5-14(18)9-15(12)17/h3,5,9-11,13H,4,6-8H2,1-2H3. The molecule has 0 N–H and O–H groups in total. The van der Waals surface area contributed by atoms with Gasteiger partial charge in [-0.2, -0.15) is 0 Å². The molecule has 104 valence electrons. The Kier molecular flexibility index (Phi) is 4.62. The fourth-order valence-corrected chi connectivity index (χ4v) is 3.15. The topological polar surface area (TPSA) is 17.1 Å². The number of carbonyl (C=O) groups is 1. The summed E-state index contributed by atoms with van der Waals surface area (Å²) in [5.41, 5.74) is 0.880. The van der Waals surface area contributed by atoms with Gasteiger partial charge in [-0.05, 0) is 48.8 Å². The molecule has 1 aliphatic carbocycles. The van der Waals surface area contributed by atoms with E-state index in [2.05, 4.69) is 13.8 Å². The van der Waals surface area contributed by atoms with Gasteiger partial charge in [-0.15, -0.1) is 0 Å². The summed E-state index contributed by atoms with van der Waals surface area (Å²) in [7, 11) is 0. The second-order valence-electron chi connectivity index (χ2n) is 5.88. The van der Waals surface area contributed by atoms with E-state index in [1.165, 1.54) is 12.1 Å². The highest BCUT2D eigenvalue weighted by atomic mass is 35.5. The smallest absolute Gasteiger partial charge is 0.136 e. The second-order valence-corrected chi connectivity index (χ2v) is 6.29. The second kappa shape index (κ2) is 6.04. The van der Waals surface area contributed by atoms with Crippen molar-refractivity contribution < 1.29 is 9.18 Å². The van der Waals surface area contributed by atoms with Gasteiger partial charge in [0.2, 0.25) is 0 Å². The minimum absolute atomic E-state index is 0.0455. The SMILES string of the molecule is CC(C)C1CCC(=O)C(Cc2ccc(F)cc2Cl)C1. The zero-order valence-corrected chi connectivity index (χ0v) is 12.2. The zero-order chi connectivity index (χ0) is 14.0. The van der Waals surface area contributed by atoms with Crippen LogP contribution in [0.1, 0.15) is 38.7 Å². The normalized spacial score (nSPS) is 23.9. The number of Topliss-reactive ketones (excluding diaryl/α,β-unsaturated/α-hetero) is 1. The Morgan fingerprint density at radius 1 is 1.42 bits per heavy atom. The lowest BCUT2D eigenvalue weighted by atomic mass is 9.73. The first-order valence-corrected chi connectivity index (χ1v) is 7.31. The first kappa shape index (κ1) is 14.5. The molecule has 0 aliphatic heterocycles. The van der Waals surface area contributed by atoms with Gasteiger partial charge in [0.05, 0.1) is 0 Å². The van der Waals surface area contributed by atoms with Crippen LogP contribution in [0.2, 0.25) is 5.02 Å². The van der Waals surface area contributed by atoms with Crippen LogP contribution < -0.4 is 0 Å². The number of carbonyl (C=O) groups excluding carboxylic acids is 1. The van der Waals surface area contributed by atoms with E-state index < -0.39 is 0 Å². The van der Waals surface area contributed by atoms with Crippen LogP contribution >= 0.6 is 11.6 Å². The number of ketones is 1. The summed E-state index contributed by atoms with van der Waals surface area (Å²) in [5, 5.41) is 0.430. The fraction of sp³-hybridized carbons (Fsp3) is 0.562. The Morgan fingerprint density at radius 2 is 2.16 bits per heavy atom. The maximum absolute atomic E-state index is 13.0. The Bertz CT molecular complexity index is 470. The lowest BCUT2D eigenvalue weighted by molar-refractivity contribution is -0.125. The molecule has 0 bridgehead atoms. The summed E-state index contributed by atoms with van der Waals surface area (Å²) in [5.74, 6) is 1.27. The third-order valence-electron chi connectivity index (χ3n) is 4.23. The zero-order valence-electron chi connectivity index (χ0n) is 11.5. The van der Waals surface area contributed by atoms with Gasteiger partial charge in [0.1, 0.15) is 11.6 Å². The fourth-order valence-electron chi connectivity index (χ4n) is 2.90. The molecule has 0 saturated heterocycles. The van der Waals surface area contributed by atoms with Crippen molar-refractivity contribution in [1.29, 1.82) is 0 Å². The molecule has 19 heavy (non-hydrogen) atoms. The van der Waals surface area contributed by atoms with Crippen LogP contribution in [0.15, 0.2) is 18.2 Å². The molecule has 2 unspecified atom stereocenters. The summed E-state index contributed by atoms with van der Waals surface area (Å²) in [6.45, 7) is 4.42. The number of hydrogen-bond acceptors (Lipinski definition) is 1. The van der Waals surface area contributed by atoms with Crippen molar-refractivity contribution in [3.63, 3.8) is 0 Å². The minimum atomic E-state index is -0.330. The average molecular weight is 283 g/mol. The van der Waals surface area contributed by atoms with Gasteiger partial charge in [0.25, 0.3) is 0 Å². The van der Waals surface area contributed by atoms with Crippen molar-refractivity contribution in [3.8, 4) is 0 Å². The van der Waals surface area contributed by atoms with E-state index in [9.17, 15) is 9.18 Å². The van der Waals surface area contributed by atoms with Crippen LogP contribution in [-0.2, 0) is 11.2 Å². The number of halogens is 2. The molecule has 1 aromatic carbocycles. The van der Waals surface area contributed by atoms with E-state index in [1.54, 1.807) is 6.07 Å². The van der Waals surface area contributed by atoms with Crippen molar-refractivity contribution in [1.82, 2.24) is 0 Å². The van der Waals surface area contributed by atoms with Gasteiger partial charge in [-0.25, -0.2) is 4.39 Å². The molecule has 2 atom stereocenters. The first-order chi connectivity index (χ1) is 8.97. The molecular weight excluding hydrogens is 263 g/mol. The van der Waals surface area contributed by atoms with Gasteiger partial charge >= 0.3 is 0 Å². The highest BCUT2D eigenvalue weighted by Crippen LogP contribution is 2.34. The number of hydrogen-bond donors (Lipinski definition) is 0. The summed E-state index contributed by atoms with van der Waals surface area (Å²) < 4.78 is 13.0. The predicted molar refractivity (Wildman–Crippen MR) is 75.8 cm³/mol. The maximum atomic E-state index is 13.0. The Morgan fingerprint density at radius 3 is 2.79 bits per heavy atom. The highest BCUT2D eigenvalue weighted by molar-refractivity contribution is 6.31. The van der Waals surface area contributed by atoms with Crippen molar-refractivity contribution >= 4 is 17.4 Å². The van der Waals surface area contributed by atoms with E-state index in [1.807, 2.05) is 0 Å². The summed E-state index contributed by atoms with van der Waals surface area (Å²) in [4.78, 5) is 12.0. The van der Waals surface area contributed by atoms with E-state index in [4.69, 9.17) is 11.6 Å². The molecule has 1 aliphatic rings. The molecule has 0 heterocycles. The van der Waals surface area contributed by atoms with E-state index >= 15 is 0 Å². The highest BCUT2D eigenvalue weighted by Gasteiger charge is 2.30. The van der Waals surface area contributed by atoms with Crippen LogP contribution in [-0.4, -0.2) is 5.78 Å². The van der Waals surface area contributed by atoms with Gasteiger partial charge in [-0.3, -0.25) is 4.79 Å². The van der Waals surface area contributed by atoms with E-state index in [0.717, 1.165) is 18.4 Å². The van der Waals surface area contributed by atoms with Crippen LogP contribution in [0.5, 0.6) is 0 Å². The molecule has 1 aromatic rings. The van der Waals surface area contributed by atoms with E-state index in [-0.39, 0.29) is 11.7 Å². The van der Waals surface area contributed by atoms with E-state index in [0.29, 0.717) is 35.5 Å². The molecule has 0 aromatic heterocycles. The van der Waals surface area contributed by atoms with Crippen molar-refractivity contribution in [2.75, 3.05) is 0 Å². The third-order valence-corrected chi connectivity index (χ3v) is 4.58. The van der Waals surface area contributed by atoms with Crippen LogP contribution in [0.3, 0.4) is 0 Å². The van der Waals surface area contributed by atoms with Crippen LogP contribution in [0.25, 0.3) is 0 Å². The lowest BCUT2D eigenvalue weighted by Gasteiger charge is -2.30. The van der Waals surface area contributed by atoms with Crippen molar-refractivity contribution in [2.45, 2.75) is 39.5 Å². The largest absolute Gasteiger partial charge is 0.299 e. The molecular formula is C16H20ClFO. The third kappa shape index (κ3) is 3.56. The lowest BCUT2D eigenvalue weighted by Crippen LogP contribution is -2.29. The van der Waals surface area contributed by atoms with Crippen molar-refractivity contribution in [3.05, 3.63) is 34.6 Å². The summed E-state index contributed by atoms with van der Waals surface area (Å²) >= 11 is 6.04. The Hall–Kier alpha value is -0.890. The number of benzene rings is 1. The Labute approximate surface area is 119 Å². The first-order valence-electron chi connectivity index (χ1n) is 6.94. The Balaban J connectivity index is 2.10. The van der Waals surface area contributed by atoms with Gasteiger partial charge < -0.3 is 0 Å². The summed E-state index contributed by atoms with van der Waals surface area (Å²) in [6, 6.07) is 4.43. The molecule has 1 fully saturated rings. The van der Waals surface area contributed by atoms with Gasteiger partial charge in [0.15, 0.2) is 0 Å². The quantitative estimate of drug-likeness (QED) is 0.788. The molecule has 1 saturated carbocycles. The van der Waals surface area contributed by atoms with Crippen LogP contribution in [0.4, 0.5) is 4.39 Å². The molecule has 3 heteroatoms. The van der Waals surface area contributed by atoms with Crippen molar-refractivity contribution in [2.24, 2.45) is 17.8 Å². The molecule has 2 rings (SSSR count). The van der Waals surface area contributed by atoms with Gasteiger partial charge in [-0.1, -0.05) is 31.5 Å². The minimum Gasteiger partial charge on any atom is -0.299 e. The molecule has 0 spiro atoms. The average Bonchev–Trinajstić information content (AvgIpc) is 2.34. The maximum Gasteiger partial charge on any atom is 0.136 e. The van der Waals surface area contributed by atoms with Gasteiger partial charge in [0, 0.05) is 17.4 Å². The number of rotatable bonds is 3. The monoisotopic (exact) mass is 282 g/mol. The summed E-state index contributed by atoms with van der Waals surface area (Å²) in [6.07, 6.45) is 3.25. The van der Waals surface area contributed by atoms with Crippen LogP contribution in [0, 0.1) is 23.6 Å².